The zero-order valence-electron chi connectivity index (χ0n) is 14.2. The van der Waals surface area contributed by atoms with Crippen LogP contribution >= 0.6 is 0 Å². The van der Waals surface area contributed by atoms with Crippen LogP contribution in [-0.2, 0) is 0 Å². The van der Waals surface area contributed by atoms with Crippen molar-refractivity contribution in [1.29, 1.82) is 0 Å². The first-order chi connectivity index (χ1) is 11.7. The smallest absolute Gasteiger partial charge is 0.317 e. The predicted octanol–water partition coefficient (Wildman–Crippen LogP) is 3.96. The first kappa shape index (κ1) is 17.1. The fraction of sp³-hybridized carbons (Fsp3) is 0.632. The lowest BCUT2D eigenvalue weighted by Gasteiger charge is -2.34. The number of nitrogens with zero attached hydrogens (tertiary/aromatic N) is 1. The summed E-state index contributed by atoms with van der Waals surface area (Å²) in [5.74, 6) is 0.219. The molecule has 2 amide bonds. The van der Waals surface area contributed by atoms with Crippen LogP contribution in [0.25, 0.3) is 0 Å². The summed E-state index contributed by atoms with van der Waals surface area (Å²) < 4.78 is 19.2. The number of likely N-dealkylation sites (tertiary alicyclic amines) is 1. The standard InChI is InChI=1S/C19H27FN2O2/c20-17-10-4-5-11-18(17)24-14-15-7-6-12-22(13-15)19(23)21-16-8-2-1-3-9-16/h4-5,10-11,15-16H,1-3,6-9,12-14H2,(H,21,23). The molecule has 1 saturated heterocycles. The van der Waals surface area contributed by atoms with Gasteiger partial charge in [-0.2, -0.15) is 0 Å². The van der Waals surface area contributed by atoms with Crippen molar-refractivity contribution >= 4 is 6.03 Å². The third-order valence-electron chi connectivity index (χ3n) is 5.05. The van der Waals surface area contributed by atoms with E-state index in [0.717, 1.165) is 32.2 Å². The van der Waals surface area contributed by atoms with Gasteiger partial charge < -0.3 is 15.0 Å². The Morgan fingerprint density at radius 1 is 1.17 bits per heavy atom. The van der Waals surface area contributed by atoms with Crippen LogP contribution in [0.1, 0.15) is 44.9 Å². The number of ether oxygens (including phenoxy) is 1. The highest BCUT2D eigenvalue weighted by atomic mass is 19.1. The van der Waals surface area contributed by atoms with Gasteiger partial charge in [0.2, 0.25) is 0 Å². The van der Waals surface area contributed by atoms with Crippen molar-refractivity contribution in [1.82, 2.24) is 10.2 Å². The molecule has 2 fully saturated rings. The van der Waals surface area contributed by atoms with Crippen molar-refractivity contribution in [2.24, 2.45) is 5.92 Å². The summed E-state index contributed by atoms with van der Waals surface area (Å²) in [5, 5.41) is 3.18. The Balaban J connectivity index is 1.47. The molecular weight excluding hydrogens is 307 g/mol. The number of halogens is 1. The predicted molar refractivity (Wildman–Crippen MR) is 91.6 cm³/mol. The van der Waals surface area contributed by atoms with Crippen molar-refractivity contribution in [3.8, 4) is 5.75 Å². The molecule has 1 unspecified atom stereocenters. The van der Waals surface area contributed by atoms with Crippen LogP contribution in [0, 0.1) is 11.7 Å². The van der Waals surface area contributed by atoms with Crippen molar-refractivity contribution in [3.05, 3.63) is 30.1 Å². The van der Waals surface area contributed by atoms with Gasteiger partial charge in [-0.3, -0.25) is 0 Å². The van der Waals surface area contributed by atoms with Gasteiger partial charge in [-0.15, -0.1) is 0 Å². The highest BCUT2D eigenvalue weighted by Crippen LogP contribution is 2.22. The fourth-order valence-corrected chi connectivity index (χ4v) is 3.67. The van der Waals surface area contributed by atoms with Gasteiger partial charge in [0.05, 0.1) is 6.61 Å². The molecule has 0 radical (unpaired) electrons. The lowest BCUT2D eigenvalue weighted by Crippen LogP contribution is -2.49. The molecule has 1 saturated carbocycles. The first-order valence-electron chi connectivity index (χ1n) is 9.15. The van der Waals surface area contributed by atoms with Crippen LogP contribution in [0.5, 0.6) is 5.75 Å². The molecule has 132 valence electrons. The first-order valence-corrected chi connectivity index (χ1v) is 9.15. The van der Waals surface area contributed by atoms with Gasteiger partial charge in [0.25, 0.3) is 0 Å². The maximum absolute atomic E-state index is 13.6. The molecule has 24 heavy (non-hydrogen) atoms. The second-order valence-corrected chi connectivity index (χ2v) is 6.98. The Kier molecular flexibility index (Phi) is 5.94. The number of para-hydroxylation sites is 1. The second kappa shape index (κ2) is 8.36. The minimum Gasteiger partial charge on any atom is -0.490 e. The number of amides is 2. The zero-order valence-corrected chi connectivity index (χ0v) is 14.2. The van der Waals surface area contributed by atoms with Gasteiger partial charge in [0.15, 0.2) is 11.6 Å². The molecule has 1 aliphatic heterocycles. The van der Waals surface area contributed by atoms with E-state index in [1.54, 1.807) is 18.2 Å². The Morgan fingerprint density at radius 3 is 2.75 bits per heavy atom. The van der Waals surface area contributed by atoms with Gasteiger partial charge in [-0.1, -0.05) is 31.4 Å². The average molecular weight is 334 g/mol. The molecule has 1 atom stereocenters. The SMILES string of the molecule is O=C(NC1CCCCC1)N1CCCC(COc2ccccc2F)C1. The zero-order chi connectivity index (χ0) is 16.8. The number of urea groups is 1. The van der Waals surface area contributed by atoms with Crippen LogP contribution in [0.4, 0.5) is 9.18 Å². The van der Waals surface area contributed by atoms with E-state index in [1.807, 2.05) is 4.90 Å². The van der Waals surface area contributed by atoms with Gasteiger partial charge in [0.1, 0.15) is 0 Å². The summed E-state index contributed by atoms with van der Waals surface area (Å²) in [5.41, 5.74) is 0. The van der Waals surface area contributed by atoms with E-state index < -0.39 is 0 Å². The molecule has 2 aliphatic rings. The van der Waals surface area contributed by atoms with Crippen molar-refractivity contribution in [2.75, 3.05) is 19.7 Å². The quantitative estimate of drug-likeness (QED) is 0.905. The lowest BCUT2D eigenvalue weighted by molar-refractivity contribution is 0.132. The number of carbonyl (C=O) groups is 1. The van der Waals surface area contributed by atoms with Gasteiger partial charge in [0, 0.05) is 25.0 Å². The largest absolute Gasteiger partial charge is 0.490 e. The number of hydrogen-bond donors (Lipinski definition) is 1. The number of hydrogen-bond acceptors (Lipinski definition) is 2. The summed E-state index contributed by atoms with van der Waals surface area (Å²) in [7, 11) is 0. The number of rotatable bonds is 4. The third kappa shape index (κ3) is 4.62. The summed E-state index contributed by atoms with van der Waals surface area (Å²) >= 11 is 0. The second-order valence-electron chi connectivity index (χ2n) is 6.98. The van der Waals surface area contributed by atoms with Gasteiger partial charge in [-0.05, 0) is 37.8 Å². The highest BCUT2D eigenvalue weighted by Gasteiger charge is 2.26. The third-order valence-corrected chi connectivity index (χ3v) is 5.05. The Morgan fingerprint density at radius 2 is 1.96 bits per heavy atom. The van der Waals surface area contributed by atoms with E-state index >= 15 is 0 Å². The topological polar surface area (TPSA) is 41.6 Å². The van der Waals surface area contributed by atoms with Gasteiger partial charge in [-0.25, -0.2) is 9.18 Å². The molecule has 1 aromatic carbocycles. The molecule has 1 aromatic rings. The Labute approximate surface area is 143 Å². The van der Waals surface area contributed by atoms with Crippen molar-refractivity contribution < 1.29 is 13.9 Å². The number of piperidine rings is 1. The van der Waals surface area contributed by atoms with E-state index in [1.165, 1.54) is 25.3 Å². The summed E-state index contributed by atoms with van der Waals surface area (Å²) in [6.45, 7) is 1.94. The van der Waals surface area contributed by atoms with Crippen LogP contribution in [0.2, 0.25) is 0 Å². The van der Waals surface area contributed by atoms with E-state index in [2.05, 4.69) is 5.32 Å². The Bertz CT molecular complexity index is 546. The molecule has 3 rings (SSSR count). The van der Waals surface area contributed by atoms with Gasteiger partial charge >= 0.3 is 6.03 Å². The maximum Gasteiger partial charge on any atom is 0.317 e. The molecule has 0 spiro atoms. The van der Waals surface area contributed by atoms with E-state index in [4.69, 9.17) is 4.74 Å². The molecule has 5 heteroatoms. The molecule has 4 nitrogen and oxygen atoms in total. The highest BCUT2D eigenvalue weighted by molar-refractivity contribution is 5.74. The van der Waals surface area contributed by atoms with E-state index in [0.29, 0.717) is 24.9 Å². The molecular formula is C19H27FN2O2. The maximum atomic E-state index is 13.6. The van der Waals surface area contributed by atoms with Crippen molar-refractivity contribution in [2.45, 2.75) is 51.0 Å². The summed E-state index contributed by atoms with van der Waals surface area (Å²) in [6.07, 6.45) is 7.89. The molecule has 1 heterocycles. The monoisotopic (exact) mass is 334 g/mol. The average Bonchev–Trinajstić information content (AvgIpc) is 2.62. The van der Waals surface area contributed by atoms with Crippen LogP contribution < -0.4 is 10.1 Å². The molecule has 1 N–H and O–H groups in total. The fourth-order valence-electron chi connectivity index (χ4n) is 3.67. The van der Waals surface area contributed by atoms with Crippen LogP contribution in [0.15, 0.2) is 24.3 Å². The molecule has 0 aromatic heterocycles. The number of benzene rings is 1. The van der Waals surface area contributed by atoms with Crippen LogP contribution in [0.3, 0.4) is 0 Å². The lowest BCUT2D eigenvalue weighted by atomic mass is 9.95. The summed E-state index contributed by atoms with van der Waals surface area (Å²) in [4.78, 5) is 14.4. The summed E-state index contributed by atoms with van der Waals surface area (Å²) in [6, 6.07) is 6.86. The van der Waals surface area contributed by atoms with Crippen LogP contribution in [-0.4, -0.2) is 36.7 Å². The minimum atomic E-state index is -0.333. The van der Waals surface area contributed by atoms with E-state index in [-0.39, 0.29) is 17.8 Å². The molecule has 1 aliphatic carbocycles. The van der Waals surface area contributed by atoms with E-state index in [9.17, 15) is 9.18 Å². The normalized spacial score (nSPS) is 22.2. The number of nitrogens with one attached hydrogen (secondary N) is 1. The van der Waals surface area contributed by atoms with Crippen molar-refractivity contribution in [3.63, 3.8) is 0 Å². The minimum absolute atomic E-state index is 0.0532. The Hall–Kier alpha value is -1.78. The molecule has 0 bridgehead atoms. The number of carbonyl (C=O) groups excluding carboxylic acids is 1.